The Labute approximate surface area is 98.5 Å². The Hall–Kier alpha value is -0.570. The molecule has 1 atom stereocenters. The number of hydrogen-bond acceptors (Lipinski definition) is 3. The number of rotatable bonds is 7. The molecule has 0 aromatic rings. The van der Waals surface area contributed by atoms with Crippen LogP contribution in [0.2, 0.25) is 0 Å². The average molecular weight is 228 g/mol. The van der Waals surface area contributed by atoms with Gasteiger partial charge in [0, 0.05) is 7.11 Å². The minimum atomic E-state index is 0.0905. The van der Waals surface area contributed by atoms with Gasteiger partial charge in [-0.2, -0.15) is 0 Å². The van der Waals surface area contributed by atoms with Crippen LogP contribution < -0.4 is 0 Å². The molecule has 1 aliphatic carbocycles. The van der Waals surface area contributed by atoms with Crippen molar-refractivity contribution in [3.63, 3.8) is 0 Å². The molecule has 1 unspecified atom stereocenters. The second kappa shape index (κ2) is 7.66. The van der Waals surface area contributed by atoms with Crippen molar-refractivity contribution in [2.24, 2.45) is 11.8 Å². The van der Waals surface area contributed by atoms with E-state index < -0.39 is 0 Å². The van der Waals surface area contributed by atoms with E-state index in [1.807, 2.05) is 0 Å². The lowest BCUT2D eigenvalue weighted by atomic mass is 9.78. The summed E-state index contributed by atoms with van der Waals surface area (Å²) < 4.78 is 10.2. The molecule has 0 saturated heterocycles. The lowest BCUT2D eigenvalue weighted by molar-refractivity contribution is -0.134. The van der Waals surface area contributed by atoms with Gasteiger partial charge in [-0.15, -0.1) is 0 Å². The Bertz CT molecular complexity index is 186. The van der Waals surface area contributed by atoms with Gasteiger partial charge in [-0.1, -0.05) is 32.6 Å². The zero-order chi connectivity index (χ0) is 11.8. The van der Waals surface area contributed by atoms with Crippen molar-refractivity contribution >= 4 is 6.47 Å². The van der Waals surface area contributed by atoms with Crippen LogP contribution in [0.1, 0.15) is 45.4 Å². The Morgan fingerprint density at radius 1 is 1.31 bits per heavy atom. The zero-order valence-corrected chi connectivity index (χ0v) is 10.5. The molecule has 0 aromatic heterocycles. The molecule has 0 heterocycles. The topological polar surface area (TPSA) is 35.5 Å². The fourth-order valence-electron chi connectivity index (χ4n) is 2.79. The summed E-state index contributed by atoms with van der Waals surface area (Å²) in [5.41, 5.74) is 0. The number of hydrogen-bond donors (Lipinski definition) is 0. The maximum absolute atomic E-state index is 10.2. The van der Waals surface area contributed by atoms with Crippen LogP contribution in [0.3, 0.4) is 0 Å². The first-order valence-electron chi connectivity index (χ1n) is 6.39. The standard InChI is InChI=1S/C13H24O3/c1-3-4-11-5-7-12(8-6-11)13(15-2)9-16-10-14/h10-13H,3-9H2,1-2H3. The highest BCUT2D eigenvalue weighted by molar-refractivity contribution is 5.36. The third-order valence-corrected chi connectivity index (χ3v) is 3.75. The summed E-state index contributed by atoms with van der Waals surface area (Å²) in [5, 5.41) is 0. The average Bonchev–Trinajstić information content (AvgIpc) is 2.32. The first kappa shape index (κ1) is 13.5. The van der Waals surface area contributed by atoms with Crippen LogP contribution in [0.15, 0.2) is 0 Å². The van der Waals surface area contributed by atoms with E-state index in [-0.39, 0.29) is 6.10 Å². The second-order valence-corrected chi connectivity index (χ2v) is 4.77. The molecule has 1 aliphatic rings. The van der Waals surface area contributed by atoms with Gasteiger partial charge >= 0.3 is 0 Å². The Morgan fingerprint density at radius 2 is 2.00 bits per heavy atom. The maximum atomic E-state index is 10.2. The van der Waals surface area contributed by atoms with Crippen LogP contribution in [0.5, 0.6) is 0 Å². The van der Waals surface area contributed by atoms with E-state index in [1.54, 1.807) is 7.11 Å². The third-order valence-electron chi connectivity index (χ3n) is 3.75. The summed E-state index contributed by atoms with van der Waals surface area (Å²) in [6, 6.07) is 0. The predicted octanol–water partition coefficient (Wildman–Crippen LogP) is 2.78. The van der Waals surface area contributed by atoms with E-state index in [2.05, 4.69) is 6.92 Å². The first-order valence-corrected chi connectivity index (χ1v) is 6.39. The minimum Gasteiger partial charge on any atom is -0.465 e. The molecule has 94 valence electrons. The predicted molar refractivity (Wildman–Crippen MR) is 63.2 cm³/mol. The number of ether oxygens (including phenoxy) is 2. The minimum absolute atomic E-state index is 0.0905. The van der Waals surface area contributed by atoms with E-state index in [1.165, 1.54) is 38.5 Å². The largest absolute Gasteiger partial charge is 0.465 e. The van der Waals surface area contributed by atoms with Gasteiger partial charge in [0.15, 0.2) is 0 Å². The van der Waals surface area contributed by atoms with Gasteiger partial charge in [-0.25, -0.2) is 0 Å². The Kier molecular flexibility index (Phi) is 6.46. The monoisotopic (exact) mass is 228 g/mol. The lowest BCUT2D eigenvalue weighted by Crippen LogP contribution is -2.31. The molecular weight excluding hydrogens is 204 g/mol. The van der Waals surface area contributed by atoms with Crippen molar-refractivity contribution in [1.29, 1.82) is 0 Å². The van der Waals surface area contributed by atoms with E-state index in [0.717, 1.165) is 5.92 Å². The highest BCUT2D eigenvalue weighted by atomic mass is 16.5. The molecule has 1 rings (SSSR count). The van der Waals surface area contributed by atoms with E-state index in [0.29, 0.717) is 19.0 Å². The second-order valence-electron chi connectivity index (χ2n) is 4.77. The molecular formula is C13H24O3. The van der Waals surface area contributed by atoms with Gasteiger partial charge in [-0.05, 0) is 24.7 Å². The van der Waals surface area contributed by atoms with Crippen LogP contribution in [-0.2, 0) is 14.3 Å². The van der Waals surface area contributed by atoms with Crippen molar-refractivity contribution in [3.05, 3.63) is 0 Å². The third kappa shape index (κ3) is 4.12. The van der Waals surface area contributed by atoms with Crippen molar-refractivity contribution in [2.45, 2.75) is 51.6 Å². The van der Waals surface area contributed by atoms with Crippen LogP contribution in [0, 0.1) is 11.8 Å². The summed E-state index contributed by atoms with van der Waals surface area (Å²) in [6.45, 7) is 3.17. The summed E-state index contributed by atoms with van der Waals surface area (Å²) in [7, 11) is 1.71. The highest BCUT2D eigenvalue weighted by Crippen LogP contribution is 2.34. The first-order chi connectivity index (χ1) is 7.81. The van der Waals surface area contributed by atoms with Crippen LogP contribution in [0.4, 0.5) is 0 Å². The van der Waals surface area contributed by atoms with E-state index in [4.69, 9.17) is 9.47 Å². The van der Waals surface area contributed by atoms with Gasteiger partial charge in [0.2, 0.25) is 0 Å². The van der Waals surface area contributed by atoms with Gasteiger partial charge < -0.3 is 9.47 Å². The van der Waals surface area contributed by atoms with Gasteiger partial charge in [0.05, 0.1) is 6.10 Å². The van der Waals surface area contributed by atoms with Crippen LogP contribution in [-0.4, -0.2) is 26.3 Å². The van der Waals surface area contributed by atoms with Crippen molar-refractivity contribution in [3.8, 4) is 0 Å². The number of carbonyl (C=O) groups is 1. The lowest BCUT2D eigenvalue weighted by Gasteiger charge is -2.32. The smallest absolute Gasteiger partial charge is 0.293 e. The van der Waals surface area contributed by atoms with Gasteiger partial charge in [-0.3, -0.25) is 4.79 Å². The quantitative estimate of drug-likeness (QED) is 0.628. The van der Waals surface area contributed by atoms with Crippen LogP contribution in [0.25, 0.3) is 0 Å². The fourth-order valence-corrected chi connectivity index (χ4v) is 2.79. The Balaban J connectivity index is 2.29. The number of methoxy groups -OCH3 is 1. The molecule has 0 aromatic carbocycles. The fraction of sp³-hybridized carbons (Fsp3) is 0.923. The molecule has 1 saturated carbocycles. The van der Waals surface area contributed by atoms with Gasteiger partial charge in [0.25, 0.3) is 6.47 Å². The molecule has 0 spiro atoms. The van der Waals surface area contributed by atoms with E-state index >= 15 is 0 Å². The molecule has 0 bridgehead atoms. The molecule has 1 fully saturated rings. The molecule has 16 heavy (non-hydrogen) atoms. The summed E-state index contributed by atoms with van der Waals surface area (Å²) >= 11 is 0. The molecule has 3 heteroatoms. The van der Waals surface area contributed by atoms with E-state index in [9.17, 15) is 4.79 Å². The molecule has 0 N–H and O–H groups in total. The van der Waals surface area contributed by atoms with Gasteiger partial charge in [0.1, 0.15) is 6.61 Å². The van der Waals surface area contributed by atoms with Crippen molar-refractivity contribution < 1.29 is 14.3 Å². The highest BCUT2D eigenvalue weighted by Gasteiger charge is 2.27. The zero-order valence-electron chi connectivity index (χ0n) is 10.5. The van der Waals surface area contributed by atoms with Crippen molar-refractivity contribution in [1.82, 2.24) is 0 Å². The Morgan fingerprint density at radius 3 is 2.50 bits per heavy atom. The molecule has 0 amide bonds. The molecule has 0 aliphatic heterocycles. The molecule has 3 nitrogen and oxygen atoms in total. The summed E-state index contributed by atoms with van der Waals surface area (Å²) in [5.74, 6) is 1.48. The summed E-state index contributed by atoms with van der Waals surface area (Å²) in [6.07, 6.45) is 7.77. The molecule has 0 radical (unpaired) electrons. The van der Waals surface area contributed by atoms with Crippen LogP contribution >= 0.6 is 0 Å². The summed E-state index contributed by atoms with van der Waals surface area (Å²) in [4.78, 5) is 10.2. The number of carbonyl (C=O) groups excluding carboxylic acids is 1. The normalized spacial score (nSPS) is 27.4. The maximum Gasteiger partial charge on any atom is 0.293 e. The van der Waals surface area contributed by atoms with Crippen molar-refractivity contribution in [2.75, 3.05) is 13.7 Å². The SMILES string of the molecule is CCCC1CCC(C(COC=O)OC)CC1.